The molecule has 0 spiro atoms. The van der Waals surface area contributed by atoms with Crippen LogP contribution in [0.3, 0.4) is 0 Å². The Morgan fingerprint density at radius 1 is 1.17 bits per heavy atom. The highest BCUT2D eigenvalue weighted by Crippen LogP contribution is 2.26. The lowest BCUT2D eigenvalue weighted by Gasteiger charge is -2.27. The molecule has 164 valence electrons. The molecule has 3 rings (SSSR count). The number of halogens is 1. The van der Waals surface area contributed by atoms with Crippen LogP contribution in [-0.4, -0.2) is 23.6 Å². The van der Waals surface area contributed by atoms with E-state index in [-0.39, 0.29) is 0 Å². The van der Waals surface area contributed by atoms with Gasteiger partial charge in [-0.3, -0.25) is 0 Å². The zero-order valence-electron chi connectivity index (χ0n) is 17.9. The van der Waals surface area contributed by atoms with Gasteiger partial charge in [0.2, 0.25) is 0 Å². The molecule has 0 aliphatic heterocycles. The summed E-state index contributed by atoms with van der Waals surface area (Å²) in [6.45, 7) is 5.09. The van der Waals surface area contributed by atoms with Gasteiger partial charge in [0.05, 0.1) is 5.02 Å². The van der Waals surface area contributed by atoms with Crippen molar-refractivity contribution in [3.63, 3.8) is 0 Å². The summed E-state index contributed by atoms with van der Waals surface area (Å²) in [5.41, 5.74) is 14.6. The van der Waals surface area contributed by atoms with Gasteiger partial charge in [0.15, 0.2) is 0 Å². The molecule has 1 aromatic heterocycles. The SMILES string of the molecule is C=C(/C=C\C=C(/N)c1cc(NC2CCC(N)CC2)ncc1Cl)NCC1CCCCC1. The van der Waals surface area contributed by atoms with Gasteiger partial charge in [-0.25, -0.2) is 4.98 Å². The number of allylic oxidation sites excluding steroid dienone is 3. The number of aromatic nitrogens is 1. The van der Waals surface area contributed by atoms with Crippen LogP contribution in [0.15, 0.2) is 42.8 Å². The second-order valence-electron chi connectivity index (χ2n) is 8.70. The van der Waals surface area contributed by atoms with Crippen LogP contribution in [0.2, 0.25) is 5.02 Å². The molecule has 5 nitrogen and oxygen atoms in total. The number of nitrogens with two attached hydrogens (primary N) is 2. The van der Waals surface area contributed by atoms with E-state index in [1.54, 1.807) is 6.20 Å². The summed E-state index contributed by atoms with van der Waals surface area (Å²) in [5, 5.41) is 7.47. The highest BCUT2D eigenvalue weighted by molar-refractivity contribution is 6.32. The molecule has 0 aromatic carbocycles. The Labute approximate surface area is 186 Å². The minimum absolute atomic E-state index is 0.328. The number of hydrogen-bond donors (Lipinski definition) is 4. The van der Waals surface area contributed by atoms with Crippen molar-refractivity contribution in [2.75, 3.05) is 11.9 Å². The molecular formula is C24H36ClN5. The van der Waals surface area contributed by atoms with Crippen LogP contribution in [0.25, 0.3) is 5.70 Å². The van der Waals surface area contributed by atoms with Crippen molar-refractivity contribution >= 4 is 23.1 Å². The molecule has 0 bridgehead atoms. The van der Waals surface area contributed by atoms with Crippen LogP contribution < -0.4 is 22.1 Å². The van der Waals surface area contributed by atoms with Crippen molar-refractivity contribution in [3.05, 3.63) is 53.4 Å². The summed E-state index contributed by atoms with van der Waals surface area (Å²) in [6.07, 6.45) is 18.3. The number of rotatable bonds is 8. The third kappa shape index (κ3) is 7.06. The molecule has 30 heavy (non-hydrogen) atoms. The number of hydrogen-bond acceptors (Lipinski definition) is 5. The van der Waals surface area contributed by atoms with E-state index in [4.69, 9.17) is 23.1 Å². The summed E-state index contributed by atoms with van der Waals surface area (Å²) in [5.74, 6) is 1.57. The van der Waals surface area contributed by atoms with E-state index in [1.165, 1.54) is 32.1 Å². The molecule has 2 aliphatic carbocycles. The van der Waals surface area contributed by atoms with Gasteiger partial charge in [0.1, 0.15) is 5.82 Å². The first-order valence-electron chi connectivity index (χ1n) is 11.3. The van der Waals surface area contributed by atoms with E-state index >= 15 is 0 Å². The van der Waals surface area contributed by atoms with Crippen molar-refractivity contribution in [2.45, 2.75) is 69.9 Å². The standard InChI is InChI=1S/C24H36ClN5/c1-17(28-15-18-7-3-2-4-8-18)6-5-9-23(27)21-14-24(29-16-22(21)25)30-20-12-10-19(26)11-13-20/h5-6,9,14,16,18-20,28H,1-4,7-8,10-13,15,26-27H2,(H,29,30)/b6-5-,23-9-. The minimum Gasteiger partial charge on any atom is -0.398 e. The predicted molar refractivity (Wildman–Crippen MR) is 128 cm³/mol. The molecule has 2 fully saturated rings. The van der Waals surface area contributed by atoms with Crippen molar-refractivity contribution in [1.82, 2.24) is 10.3 Å². The van der Waals surface area contributed by atoms with Crippen LogP contribution >= 0.6 is 11.6 Å². The molecule has 2 saturated carbocycles. The first-order chi connectivity index (χ1) is 14.5. The number of nitrogens with zero attached hydrogens (tertiary/aromatic N) is 1. The fourth-order valence-corrected chi connectivity index (χ4v) is 4.51. The molecule has 6 N–H and O–H groups in total. The summed E-state index contributed by atoms with van der Waals surface area (Å²) in [6, 6.07) is 2.65. The van der Waals surface area contributed by atoms with Gasteiger partial charge in [-0.05, 0) is 62.7 Å². The van der Waals surface area contributed by atoms with Gasteiger partial charge < -0.3 is 22.1 Å². The van der Waals surface area contributed by atoms with E-state index in [2.05, 4.69) is 22.2 Å². The summed E-state index contributed by atoms with van der Waals surface area (Å²) in [7, 11) is 0. The number of nitrogens with one attached hydrogen (secondary N) is 2. The molecule has 1 aromatic rings. The Kier molecular flexibility index (Phi) is 8.64. The average Bonchev–Trinajstić information content (AvgIpc) is 2.76. The molecule has 0 amide bonds. The maximum atomic E-state index is 6.35. The Morgan fingerprint density at radius 3 is 2.63 bits per heavy atom. The molecule has 0 atom stereocenters. The van der Waals surface area contributed by atoms with Crippen LogP contribution in [0.5, 0.6) is 0 Å². The molecule has 6 heteroatoms. The largest absolute Gasteiger partial charge is 0.398 e. The summed E-state index contributed by atoms with van der Waals surface area (Å²) < 4.78 is 0. The monoisotopic (exact) mass is 429 g/mol. The minimum atomic E-state index is 0.328. The molecule has 0 unspecified atom stereocenters. The fraction of sp³-hybridized carbons (Fsp3) is 0.542. The first kappa shape index (κ1) is 22.7. The van der Waals surface area contributed by atoms with Crippen molar-refractivity contribution in [1.29, 1.82) is 0 Å². The highest BCUT2D eigenvalue weighted by atomic mass is 35.5. The van der Waals surface area contributed by atoms with Gasteiger partial charge in [0, 0.05) is 41.8 Å². The van der Waals surface area contributed by atoms with E-state index in [1.807, 2.05) is 24.3 Å². The van der Waals surface area contributed by atoms with E-state index in [9.17, 15) is 0 Å². The second kappa shape index (κ2) is 11.4. The number of pyridine rings is 1. The van der Waals surface area contributed by atoms with Gasteiger partial charge in [0.25, 0.3) is 0 Å². The second-order valence-corrected chi connectivity index (χ2v) is 9.10. The summed E-state index contributed by atoms with van der Waals surface area (Å²) >= 11 is 6.35. The van der Waals surface area contributed by atoms with E-state index in [0.29, 0.717) is 22.8 Å². The average molecular weight is 430 g/mol. The topological polar surface area (TPSA) is 89.0 Å². The smallest absolute Gasteiger partial charge is 0.126 e. The van der Waals surface area contributed by atoms with Gasteiger partial charge in [-0.15, -0.1) is 0 Å². The van der Waals surface area contributed by atoms with E-state index < -0.39 is 0 Å². The van der Waals surface area contributed by atoms with Gasteiger partial charge in [-0.1, -0.05) is 43.5 Å². The maximum Gasteiger partial charge on any atom is 0.126 e. The lowest BCUT2D eigenvalue weighted by atomic mass is 9.89. The molecule has 0 radical (unpaired) electrons. The third-order valence-corrected chi connectivity index (χ3v) is 6.51. The molecule has 0 saturated heterocycles. The molecule has 1 heterocycles. The first-order valence-corrected chi connectivity index (χ1v) is 11.6. The van der Waals surface area contributed by atoms with E-state index in [0.717, 1.165) is 55.2 Å². The van der Waals surface area contributed by atoms with Crippen molar-refractivity contribution < 1.29 is 0 Å². The van der Waals surface area contributed by atoms with Gasteiger partial charge in [-0.2, -0.15) is 0 Å². The van der Waals surface area contributed by atoms with Crippen molar-refractivity contribution in [2.24, 2.45) is 17.4 Å². The van der Waals surface area contributed by atoms with Crippen LogP contribution in [0.1, 0.15) is 63.4 Å². The number of anilines is 1. The van der Waals surface area contributed by atoms with Crippen LogP contribution in [-0.2, 0) is 0 Å². The Hall–Kier alpha value is -1.98. The Bertz CT molecular complexity index is 759. The molecule has 2 aliphatic rings. The summed E-state index contributed by atoms with van der Waals surface area (Å²) in [4.78, 5) is 4.41. The predicted octanol–water partition coefficient (Wildman–Crippen LogP) is 4.96. The quantitative estimate of drug-likeness (QED) is 0.439. The lowest BCUT2D eigenvalue weighted by Crippen LogP contribution is -2.33. The zero-order chi connectivity index (χ0) is 21.3. The fourth-order valence-electron chi connectivity index (χ4n) is 4.29. The lowest BCUT2D eigenvalue weighted by molar-refractivity contribution is 0.352. The Morgan fingerprint density at radius 2 is 1.90 bits per heavy atom. The molecular weight excluding hydrogens is 394 g/mol. The van der Waals surface area contributed by atoms with Crippen molar-refractivity contribution in [3.8, 4) is 0 Å². The Balaban J connectivity index is 1.53. The van der Waals surface area contributed by atoms with Gasteiger partial charge >= 0.3 is 0 Å². The normalized spacial score (nSPS) is 23.5. The van der Waals surface area contributed by atoms with Crippen LogP contribution in [0.4, 0.5) is 5.82 Å². The maximum absolute atomic E-state index is 6.35. The zero-order valence-corrected chi connectivity index (χ0v) is 18.6. The highest BCUT2D eigenvalue weighted by Gasteiger charge is 2.19. The van der Waals surface area contributed by atoms with Crippen LogP contribution in [0, 0.1) is 5.92 Å². The third-order valence-electron chi connectivity index (χ3n) is 6.21.